The third kappa shape index (κ3) is 5.59. The Kier molecular flexibility index (Phi) is 7.65. The number of hydrogen-bond acceptors (Lipinski definition) is 6. The minimum absolute atomic E-state index is 0.175. The summed E-state index contributed by atoms with van der Waals surface area (Å²) in [4.78, 5) is 21.1. The maximum absolute atomic E-state index is 15.1. The number of aromatic nitrogens is 1. The lowest BCUT2D eigenvalue weighted by Crippen LogP contribution is -2.50. The lowest BCUT2D eigenvalue weighted by molar-refractivity contribution is -0.0696. The number of amides is 1. The van der Waals surface area contributed by atoms with Gasteiger partial charge in [0.15, 0.2) is 0 Å². The van der Waals surface area contributed by atoms with Crippen LogP contribution in [0.3, 0.4) is 0 Å². The number of hydrogen-bond donors (Lipinski definition) is 1. The molecule has 2 aromatic carbocycles. The van der Waals surface area contributed by atoms with Gasteiger partial charge >= 0.3 is 6.09 Å². The maximum atomic E-state index is 15.1. The maximum Gasteiger partial charge on any atom is 0.410 e. The van der Waals surface area contributed by atoms with E-state index in [1.807, 2.05) is 25.7 Å². The molecule has 0 radical (unpaired) electrons. The van der Waals surface area contributed by atoms with Crippen molar-refractivity contribution in [3.63, 3.8) is 0 Å². The number of hydroxylamine groups is 2. The zero-order valence-corrected chi connectivity index (χ0v) is 23.7. The summed E-state index contributed by atoms with van der Waals surface area (Å²) < 4.78 is 34.4. The first-order valence-electron chi connectivity index (χ1n) is 12.8. The molecular formula is C29H28Cl2F2N4O3. The van der Waals surface area contributed by atoms with E-state index in [2.05, 4.69) is 0 Å². The van der Waals surface area contributed by atoms with Gasteiger partial charge in [0, 0.05) is 65.2 Å². The van der Waals surface area contributed by atoms with E-state index in [0.717, 1.165) is 11.1 Å². The van der Waals surface area contributed by atoms with Gasteiger partial charge in [0.2, 0.25) is 0 Å². The van der Waals surface area contributed by atoms with E-state index in [0.29, 0.717) is 64.4 Å². The largest absolute Gasteiger partial charge is 0.444 e. The molecule has 1 aromatic heterocycles. The lowest BCUT2D eigenvalue weighted by atomic mass is 9.90. The molecule has 3 heterocycles. The SMILES string of the molecule is CC(C)(C)OC(=O)N1CCN(c2cc(-c3ccc(F)cc3F)c3c(n2)C(c2c(Cl)cccc2Cl)N(O)C=C3)CC1. The van der Waals surface area contributed by atoms with Crippen molar-refractivity contribution < 1.29 is 23.5 Å². The van der Waals surface area contributed by atoms with Crippen molar-refractivity contribution in [2.24, 2.45) is 0 Å². The Labute approximate surface area is 241 Å². The first-order valence-corrected chi connectivity index (χ1v) is 13.5. The van der Waals surface area contributed by atoms with Gasteiger partial charge in [-0.2, -0.15) is 0 Å². The summed E-state index contributed by atoms with van der Waals surface area (Å²) in [5.41, 5.74) is 1.39. The van der Waals surface area contributed by atoms with E-state index < -0.39 is 29.4 Å². The first kappa shape index (κ1) is 28.1. The second-order valence-corrected chi connectivity index (χ2v) is 11.5. The minimum atomic E-state index is -0.897. The second kappa shape index (κ2) is 10.9. The summed E-state index contributed by atoms with van der Waals surface area (Å²) >= 11 is 13.1. The van der Waals surface area contributed by atoms with Gasteiger partial charge in [-0.1, -0.05) is 29.3 Å². The molecule has 40 heavy (non-hydrogen) atoms. The highest BCUT2D eigenvalue weighted by molar-refractivity contribution is 6.36. The summed E-state index contributed by atoms with van der Waals surface area (Å²) in [7, 11) is 0. The molecule has 0 bridgehead atoms. The van der Waals surface area contributed by atoms with E-state index in [4.69, 9.17) is 32.9 Å². The average Bonchev–Trinajstić information content (AvgIpc) is 2.88. The van der Waals surface area contributed by atoms with Crippen LogP contribution >= 0.6 is 23.2 Å². The number of nitrogens with zero attached hydrogens (tertiary/aromatic N) is 4. The van der Waals surface area contributed by atoms with Crippen molar-refractivity contribution in [2.45, 2.75) is 32.4 Å². The van der Waals surface area contributed by atoms with E-state index in [-0.39, 0.29) is 5.56 Å². The molecule has 2 aliphatic heterocycles. The molecule has 5 rings (SSSR count). The molecule has 1 N–H and O–H groups in total. The normalized spacial score (nSPS) is 17.2. The van der Waals surface area contributed by atoms with Crippen LogP contribution in [-0.2, 0) is 4.74 Å². The van der Waals surface area contributed by atoms with Crippen molar-refractivity contribution in [1.82, 2.24) is 14.9 Å². The number of pyridine rings is 1. The van der Waals surface area contributed by atoms with Crippen LogP contribution in [0.5, 0.6) is 0 Å². The van der Waals surface area contributed by atoms with E-state index in [1.54, 1.807) is 35.2 Å². The number of piperazine rings is 1. The fourth-order valence-electron chi connectivity index (χ4n) is 4.88. The third-order valence-electron chi connectivity index (χ3n) is 6.74. The van der Waals surface area contributed by atoms with Crippen LogP contribution in [0.4, 0.5) is 19.4 Å². The summed E-state index contributed by atoms with van der Waals surface area (Å²) in [5, 5.41) is 12.6. The molecule has 0 spiro atoms. The van der Waals surface area contributed by atoms with Crippen molar-refractivity contribution in [3.05, 3.63) is 87.2 Å². The van der Waals surface area contributed by atoms with Crippen LogP contribution in [-0.4, -0.2) is 58.0 Å². The van der Waals surface area contributed by atoms with E-state index in [1.165, 1.54) is 18.3 Å². The van der Waals surface area contributed by atoms with Crippen molar-refractivity contribution in [1.29, 1.82) is 0 Å². The highest BCUT2D eigenvalue weighted by atomic mass is 35.5. The molecule has 1 unspecified atom stereocenters. The predicted octanol–water partition coefficient (Wildman–Crippen LogP) is 7.16. The molecule has 3 aromatic rings. The molecule has 210 valence electrons. The average molecular weight is 589 g/mol. The van der Waals surface area contributed by atoms with Crippen LogP contribution in [0.15, 0.2) is 48.7 Å². The first-order chi connectivity index (χ1) is 18.9. The second-order valence-electron chi connectivity index (χ2n) is 10.6. The lowest BCUT2D eigenvalue weighted by Gasteiger charge is -2.37. The predicted molar refractivity (Wildman–Crippen MR) is 151 cm³/mol. The number of rotatable bonds is 3. The Hall–Kier alpha value is -3.40. The highest BCUT2D eigenvalue weighted by Crippen LogP contribution is 2.44. The number of halogens is 4. The fourth-order valence-corrected chi connectivity index (χ4v) is 5.49. The Morgan fingerprint density at radius 1 is 1.02 bits per heavy atom. The van der Waals surface area contributed by atoms with Crippen LogP contribution in [0.25, 0.3) is 17.2 Å². The van der Waals surface area contributed by atoms with Crippen LogP contribution < -0.4 is 4.90 Å². The molecular weight excluding hydrogens is 561 g/mol. The fraction of sp³-hybridized carbons (Fsp3) is 0.310. The number of carbonyl (C=O) groups excluding carboxylic acids is 1. The Morgan fingerprint density at radius 3 is 2.33 bits per heavy atom. The van der Waals surface area contributed by atoms with E-state index >= 15 is 4.39 Å². The molecule has 1 amide bonds. The van der Waals surface area contributed by atoms with Gasteiger partial charge in [0.1, 0.15) is 29.1 Å². The molecule has 2 aliphatic rings. The van der Waals surface area contributed by atoms with Crippen molar-refractivity contribution in [3.8, 4) is 11.1 Å². The minimum Gasteiger partial charge on any atom is -0.444 e. The van der Waals surface area contributed by atoms with Gasteiger partial charge in [-0.25, -0.2) is 18.6 Å². The molecule has 1 fully saturated rings. The highest BCUT2D eigenvalue weighted by Gasteiger charge is 2.34. The molecule has 0 aliphatic carbocycles. The van der Waals surface area contributed by atoms with Gasteiger partial charge in [0.25, 0.3) is 0 Å². The zero-order chi connectivity index (χ0) is 28.8. The molecule has 0 saturated carbocycles. The number of ether oxygens (including phenoxy) is 1. The Balaban J connectivity index is 1.60. The number of fused-ring (bicyclic) bond motifs is 1. The van der Waals surface area contributed by atoms with Crippen LogP contribution in [0, 0.1) is 11.6 Å². The third-order valence-corrected chi connectivity index (χ3v) is 7.40. The Morgan fingerprint density at radius 2 is 1.70 bits per heavy atom. The van der Waals surface area contributed by atoms with Gasteiger partial charge in [-0.05, 0) is 62.7 Å². The van der Waals surface area contributed by atoms with Gasteiger partial charge in [-0.15, -0.1) is 0 Å². The summed E-state index contributed by atoms with van der Waals surface area (Å²) in [6.07, 6.45) is 2.65. The number of carbonyl (C=O) groups is 1. The van der Waals surface area contributed by atoms with Crippen molar-refractivity contribution >= 4 is 41.2 Å². The molecule has 11 heteroatoms. The molecule has 1 atom stereocenters. The number of benzene rings is 2. The smallest absolute Gasteiger partial charge is 0.410 e. The van der Waals surface area contributed by atoms with E-state index in [9.17, 15) is 14.4 Å². The van der Waals surface area contributed by atoms with Crippen molar-refractivity contribution in [2.75, 3.05) is 31.1 Å². The topological polar surface area (TPSA) is 69.1 Å². The number of anilines is 1. The quantitative estimate of drug-likeness (QED) is 0.350. The molecule has 1 saturated heterocycles. The van der Waals surface area contributed by atoms with Gasteiger partial charge < -0.3 is 14.5 Å². The zero-order valence-electron chi connectivity index (χ0n) is 22.2. The summed E-state index contributed by atoms with van der Waals surface area (Å²) in [6.45, 7) is 7.09. The standard InChI is InChI=1S/C29H28Cl2F2N4O3/c1-29(2,3)40-28(38)36-13-11-35(12-14-36)24-16-20(18-8-7-17(32)15-23(18)33)19-9-10-37(39)27(26(19)34-24)25-21(30)5-4-6-22(25)31/h4-10,15-16,27,39H,11-14H2,1-3H3. The molecule has 7 nitrogen and oxygen atoms in total. The van der Waals surface area contributed by atoms with Crippen LogP contribution in [0.2, 0.25) is 10.0 Å². The Bertz CT molecular complexity index is 1470. The summed E-state index contributed by atoms with van der Waals surface area (Å²) in [5.74, 6) is -0.931. The van der Waals surface area contributed by atoms with Gasteiger partial charge in [0.05, 0.1) is 5.69 Å². The summed E-state index contributed by atoms with van der Waals surface area (Å²) in [6, 6.07) is 9.26. The van der Waals surface area contributed by atoms with Crippen LogP contribution in [0.1, 0.15) is 43.6 Å². The monoisotopic (exact) mass is 588 g/mol. The van der Waals surface area contributed by atoms with Gasteiger partial charge in [-0.3, -0.25) is 10.3 Å².